The van der Waals surface area contributed by atoms with Crippen molar-refractivity contribution in [2.45, 2.75) is 25.7 Å². The van der Waals surface area contributed by atoms with Gasteiger partial charge in [0.1, 0.15) is 11.6 Å². The molecule has 0 aliphatic heterocycles. The molecular formula is C17H16FN3O3. The van der Waals surface area contributed by atoms with Gasteiger partial charge in [-0.05, 0) is 44.0 Å². The van der Waals surface area contributed by atoms with Gasteiger partial charge in [0.2, 0.25) is 5.91 Å². The first kappa shape index (κ1) is 15.9. The van der Waals surface area contributed by atoms with Gasteiger partial charge in [0.25, 0.3) is 5.91 Å². The maximum Gasteiger partial charge on any atom is 0.277 e. The summed E-state index contributed by atoms with van der Waals surface area (Å²) in [6.07, 6.45) is 3.07. The number of anilines is 2. The summed E-state index contributed by atoms with van der Waals surface area (Å²) < 4.78 is 19.2. The third-order valence-electron chi connectivity index (χ3n) is 3.62. The predicted molar refractivity (Wildman–Crippen MR) is 86.4 cm³/mol. The fraction of sp³-hybridized carbons (Fsp3) is 0.235. The molecule has 7 heteroatoms. The number of nitrogens with zero attached hydrogens (tertiary/aromatic N) is 1. The summed E-state index contributed by atoms with van der Waals surface area (Å²) in [4.78, 5) is 27.9. The molecule has 1 heterocycles. The van der Waals surface area contributed by atoms with E-state index in [2.05, 4.69) is 22.2 Å². The Balaban J connectivity index is 1.77. The van der Waals surface area contributed by atoms with Gasteiger partial charge in [0.15, 0.2) is 11.6 Å². The molecule has 1 fully saturated rings. The lowest BCUT2D eigenvalue weighted by Gasteiger charge is -2.08. The normalized spacial score (nSPS) is 13.4. The van der Waals surface area contributed by atoms with Crippen LogP contribution in [0.3, 0.4) is 0 Å². The molecule has 3 rings (SSSR count). The SMILES string of the molecule is C=CC(=O)Nc1cc(NC(=O)c2nc(C3CC3)oc2C)ccc1F. The number of carbonyl (C=O) groups is 2. The molecule has 124 valence electrons. The van der Waals surface area contributed by atoms with Gasteiger partial charge >= 0.3 is 0 Å². The van der Waals surface area contributed by atoms with Gasteiger partial charge in [-0.3, -0.25) is 9.59 Å². The molecule has 0 bridgehead atoms. The van der Waals surface area contributed by atoms with Crippen molar-refractivity contribution in [3.05, 3.63) is 54.0 Å². The lowest BCUT2D eigenvalue weighted by Crippen LogP contribution is -2.15. The summed E-state index contributed by atoms with van der Waals surface area (Å²) >= 11 is 0. The second kappa shape index (κ2) is 6.27. The molecule has 24 heavy (non-hydrogen) atoms. The van der Waals surface area contributed by atoms with Crippen LogP contribution in [-0.2, 0) is 4.79 Å². The van der Waals surface area contributed by atoms with Gasteiger partial charge in [-0.1, -0.05) is 6.58 Å². The number of nitrogens with one attached hydrogen (secondary N) is 2. The van der Waals surface area contributed by atoms with Gasteiger partial charge in [0.05, 0.1) is 5.69 Å². The molecule has 6 nitrogen and oxygen atoms in total. The van der Waals surface area contributed by atoms with Crippen molar-refractivity contribution in [1.29, 1.82) is 0 Å². The van der Waals surface area contributed by atoms with Gasteiger partial charge in [0, 0.05) is 11.6 Å². The van der Waals surface area contributed by atoms with Crippen LogP contribution in [-0.4, -0.2) is 16.8 Å². The van der Waals surface area contributed by atoms with E-state index in [9.17, 15) is 14.0 Å². The molecule has 2 amide bonds. The summed E-state index contributed by atoms with van der Waals surface area (Å²) in [7, 11) is 0. The quantitative estimate of drug-likeness (QED) is 0.824. The Morgan fingerprint density at radius 1 is 1.38 bits per heavy atom. The van der Waals surface area contributed by atoms with Crippen molar-refractivity contribution in [2.75, 3.05) is 10.6 Å². The summed E-state index contributed by atoms with van der Waals surface area (Å²) in [6, 6.07) is 3.87. The summed E-state index contributed by atoms with van der Waals surface area (Å²) in [6.45, 7) is 4.98. The Bertz CT molecular complexity index is 824. The number of aromatic nitrogens is 1. The lowest BCUT2D eigenvalue weighted by molar-refractivity contribution is -0.111. The second-order valence-electron chi connectivity index (χ2n) is 5.57. The topological polar surface area (TPSA) is 84.2 Å². The molecular weight excluding hydrogens is 313 g/mol. The standard InChI is InChI=1S/C17H16FN3O3/c1-3-14(22)20-13-8-11(6-7-12(13)18)19-16(23)15-9(2)24-17(21-15)10-4-5-10/h3,6-8,10H,1,4-5H2,2H3,(H,19,23)(H,20,22). The average molecular weight is 329 g/mol. The molecule has 2 aromatic rings. The highest BCUT2D eigenvalue weighted by molar-refractivity contribution is 6.04. The lowest BCUT2D eigenvalue weighted by atomic mass is 10.2. The molecule has 1 aromatic carbocycles. The van der Waals surface area contributed by atoms with Gasteiger partial charge in [-0.25, -0.2) is 9.37 Å². The van der Waals surface area contributed by atoms with E-state index in [1.54, 1.807) is 6.92 Å². The smallest absolute Gasteiger partial charge is 0.277 e. The number of benzene rings is 1. The van der Waals surface area contributed by atoms with E-state index < -0.39 is 17.6 Å². The number of halogens is 1. The van der Waals surface area contributed by atoms with Crippen molar-refractivity contribution in [2.24, 2.45) is 0 Å². The minimum Gasteiger partial charge on any atom is -0.445 e. The van der Waals surface area contributed by atoms with E-state index in [-0.39, 0.29) is 11.4 Å². The van der Waals surface area contributed by atoms with Crippen LogP contribution in [0, 0.1) is 12.7 Å². The van der Waals surface area contributed by atoms with Crippen LogP contribution in [0.15, 0.2) is 35.3 Å². The number of oxazole rings is 1. The first-order chi connectivity index (χ1) is 11.5. The molecule has 0 spiro atoms. The maximum absolute atomic E-state index is 13.7. The number of hydrogen-bond donors (Lipinski definition) is 2. The molecule has 0 unspecified atom stereocenters. The van der Waals surface area contributed by atoms with E-state index in [0.29, 0.717) is 23.3 Å². The van der Waals surface area contributed by atoms with Crippen LogP contribution in [0.5, 0.6) is 0 Å². The Labute approximate surface area is 137 Å². The molecule has 1 saturated carbocycles. The van der Waals surface area contributed by atoms with Gasteiger partial charge in [-0.2, -0.15) is 0 Å². The molecule has 1 aliphatic rings. The number of rotatable bonds is 5. The number of hydrogen-bond acceptors (Lipinski definition) is 4. The third-order valence-corrected chi connectivity index (χ3v) is 3.62. The van der Waals surface area contributed by atoms with Gasteiger partial charge in [-0.15, -0.1) is 0 Å². The monoisotopic (exact) mass is 329 g/mol. The van der Waals surface area contributed by atoms with E-state index in [1.165, 1.54) is 12.1 Å². The van der Waals surface area contributed by atoms with E-state index in [0.717, 1.165) is 25.0 Å². The summed E-state index contributed by atoms with van der Waals surface area (Å²) in [5, 5.41) is 4.96. The third kappa shape index (κ3) is 3.34. The van der Waals surface area contributed by atoms with Crippen LogP contribution >= 0.6 is 0 Å². The molecule has 0 atom stereocenters. The zero-order valence-electron chi connectivity index (χ0n) is 13.1. The van der Waals surface area contributed by atoms with E-state index in [4.69, 9.17) is 4.42 Å². The van der Waals surface area contributed by atoms with Crippen LogP contribution in [0.2, 0.25) is 0 Å². The van der Waals surface area contributed by atoms with Crippen molar-refractivity contribution >= 4 is 23.2 Å². The van der Waals surface area contributed by atoms with Crippen molar-refractivity contribution < 1.29 is 18.4 Å². The fourth-order valence-corrected chi connectivity index (χ4v) is 2.21. The van der Waals surface area contributed by atoms with Crippen LogP contribution in [0.1, 0.15) is 40.9 Å². The van der Waals surface area contributed by atoms with Crippen LogP contribution < -0.4 is 10.6 Å². The number of amides is 2. The largest absolute Gasteiger partial charge is 0.445 e. The zero-order chi connectivity index (χ0) is 17.3. The number of aryl methyl sites for hydroxylation is 1. The minimum absolute atomic E-state index is 0.0479. The van der Waals surface area contributed by atoms with Crippen LogP contribution in [0.25, 0.3) is 0 Å². The fourth-order valence-electron chi connectivity index (χ4n) is 2.21. The summed E-state index contributed by atoms with van der Waals surface area (Å²) in [5.74, 6) is -0.282. The number of carbonyl (C=O) groups excluding carboxylic acids is 2. The highest BCUT2D eigenvalue weighted by Crippen LogP contribution is 2.40. The Kier molecular flexibility index (Phi) is 4.16. The van der Waals surface area contributed by atoms with E-state index in [1.807, 2.05) is 0 Å². The minimum atomic E-state index is -0.614. The summed E-state index contributed by atoms with van der Waals surface area (Å²) in [5.41, 5.74) is 0.488. The molecule has 2 N–H and O–H groups in total. The average Bonchev–Trinajstić information content (AvgIpc) is 3.33. The van der Waals surface area contributed by atoms with Gasteiger partial charge < -0.3 is 15.1 Å². The van der Waals surface area contributed by atoms with E-state index >= 15 is 0 Å². The molecule has 1 aliphatic carbocycles. The van der Waals surface area contributed by atoms with Crippen molar-refractivity contribution in [3.8, 4) is 0 Å². The molecule has 0 saturated heterocycles. The van der Waals surface area contributed by atoms with Crippen LogP contribution in [0.4, 0.5) is 15.8 Å². The van der Waals surface area contributed by atoms with Crippen molar-refractivity contribution in [1.82, 2.24) is 4.98 Å². The highest BCUT2D eigenvalue weighted by atomic mass is 19.1. The predicted octanol–water partition coefficient (Wildman–Crippen LogP) is 3.38. The first-order valence-corrected chi connectivity index (χ1v) is 7.49. The Hall–Kier alpha value is -2.96. The Morgan fingerprint density at radius 3 is 2.79 bits per heavy atom. The molecule has 1 aromatic heterocycles. The maximum atomic E-state index is 13.7. The van der Waals surface area contributed by atoms with Crippen molar-refractivity contribution in [3.63, 3.8) is 0 Å². The first-order valence-electron chi connectivity index (χ1n) is 7.49. The highest BCUT2D eigenvalue weighted by Gasteiger charge is 2.30. The Morgan fingerprint density at radius 2 is 2.12 bits per heavy atom. The zero-order valence-corrected chi connectivity index (χ0v) is 13.1. The second-order valence-corrected chi connectivity index (χ2v) is 5.57. The molecule has 0 radical (unpaired) electrons.